The fourth-order valence-electron chi connectivity index (χ4n) is 2.61. The maximum atomic E-state index is 12.3. The summed E-state index contributed by atoms with van der Waals surface area (Å²) in [7, 11) is 0. The van der Waals surface area contributed by atoms with Crippen molar-refractivity contribution in [3.05, 3.63) is 84.2 Å². The molecule has 120 valence electrons. The van der Waals surface area contributed by atoms with Gasteiger partial charge in [-0.1, -0.05) is 36.4 Å². The van der Waals surface area contributed by atoms with Crippen molar-refractivity contribution in [2.24, 2.45) is 0 Å². The molecular weight excluding hydrogens is 296 g/mol. The molecule has 3 rings (SSSR count). The van der Waals surface area contributed by atoms with Gasteiger partial charge in [0.15, 0.2) is 12.4 Å². The molecule has 1 heterocycles. The van der Waals surface area contributed by atoms with Gasteiger partial charge in [0, 0.05) is 17.3 Å². The van der Waals surface area contributed by atoms with Gasteiger partial charge < -0.3 is 5.32 Å². The molecule has 0 spiro atoms. The Balaban J connectivity index is 1.71. The SMILES string of the molecule is Cc1ccc(NC(=O)C[n+]2cccc(-c3ccccc3)c2)cc1C. The minimum atomic E-state index is -0.0338. The number of anilines is 1. The summed E-state index contributed by atoms with van der Waals surface area (Å²) in [6.07, 6.45) is 3.90. The maximum absolute atomic E-state index is 12.3. The number of carbonyl (C=O) groups is 1. The van der Waals surface area contributed by atoms with Crippen molar-refractivity contribution < 1.29 is 9.36 Å². The van der Waals surface area contributed by atoms with Gasteiger partial charge in [-0.2, -0.15) is 4.57 Å². The highest BCUT2D eigenvalue weighted by molar-refractivity contribution is 5.89. The fourth-order valence-corrected chi connectivity index (χ4v) is 2.61. The predicted octanol–water partition coefficient (Wildman–Crippen LogP) is 3.90. The lowest BCUT2D eigenvalue weighted by atomic mass is 10.1. The third-order valence-electron chi connectivity index (χ3n) is 4.08. The quantitative estimate of drug-likeness (QED) is 0.727. The minimum Gasteiger partial charge on any atom is -0.321 e. The second-order valence-corrected chi connectivity index (χ2v) is 5.98. The van der Waals surface area contributed by atoms with Gasteiger partial charge >= 0.3 is 0 Å². The number of carbonyl (C=O) groups excluding carboxylic acids is 1. The Labute approximate surface area is 142 Å². The summed E-state index contributed by atoms with van der Waals surface area (Å²) < 4.78 is 1.90. The molecule has 0 bridgehead atoms. The monoisotopic (exact) mass is 317 g/mol. The van der Waals surface area contributed by atoms with Crippen LogP contribution in [0.5, 0.6) is 0 Å². The average Bonchev–Trinajstić information content (AvgIpc) is 2.59. The number of pyridine rings is 1. The third-order valence-corrected chi connectivity index (χ3v) is 4.08. The Morgan fingerprint density at radius 1 is 0.917 bits per heavy atom. The number of aromatic nitrogens is 1. The number of hydrogen-bond acceptors (Lipinski definition) is 1. The summed E-state index contributed by atoms with van der Waals surface area (Å²) in [6.45, 7) is 4.39. The topological polar surface area (TPSA) is 33.0 Å². The zero-order valence-corrected chi connectivity index (χ0v) is 14.0. The smallest absolute Gasteiger partial charge is 0.290 e. The lowest BCUT2D eigenvalue weighted by molar-refractivity contribution is -0.683. The fraction of sp³-hybridized carbons (Fsp3) is 0.143. The van der Waals surface area contributed by atoms with Crippen molar-refractivity contribution >= 4 is 11.6 Å². The summed E-state index contributed by atoms with van der Waals surface area (Å²) in [5.41, 5.74) is 5.46. The molecule has 0 fully saturated rings. The molecule has 3 heteroatoms. The van der Waals surface area contributed by atoms with Gasteiger partial charge in [-0.05, 0) is 48.7 Å². The largest absolute Gasteiger partial charge is 0.321 e. The van der Waals surface area contributed by atoms with Crippen molar-refractivity contribution in [3.8, 4) is 11.1 Å². The van der Waals surface area contributed by atoms with E-state index in [1.54, 1.807) is 0 Å². The molecular formula is C21H21N2O+. The van der Waals surface area contributed by atoms with E-state index in [1.807, 2.05) is 72.4 Å². The van der Waals surface area contributed by atoms with Gasteiger partial charge in [0.2, 0.25) is 6.54 Å². The number of nitrogens with one attached hydrogen (secondary N) is 1. The normalized spacial score (nSPS) is 10.4. The highest BCUT2D eigenvalue weighted by Crippen LogP contribution is 2.16. The number of rotatable bonds is 4. The van der Waals surface area contributed by atoms with E-state index in [-0.39, 0.29) is 12.5 Å². The van der Waals surface area contributed by atoms with Gasteiger partial charge in [0.05, 0.1) is 0 Å². The van der Waals surface area contributed by atoms with E-state index in [4.69, 9.17) is 0 Å². The maximum Gasteiger partial charge on any atom is 0.290 e. The highest BCUT2D eigenvalue weighted by Gasteiger charge is 2.11. The molecule has 2 aromatic carbocycles. The molecule has 0 saturated carbocycles. The van der Waals surface area contributed by atoms with Crippen LogP contribution in [0.25, 0.3) is 11.1 Å². The van der Waals surface area contributed by atoms with Gasteiger partial charge in [0.25, 0.3) is 5.91 Å². The highest BCUT2D eigenvalue weighted by atomic mass is 16.1. The third kappa shape index (κ3) is 3.87. The molecule has 3 nitrogen and oxygen atoms in total. The first kappa shape index (κ1) is 15.9. The van der Waals surface area contributed by atoms with Crippen molar-refractivity contribution in [3.63, 3.8) is 0 Å². The Morgan fingerprint density at radius 3 is 2.42 bits per heavy atom. The average molecular weight is 317 g/mol. The van der Waals surface area contributed by atoms with Crippen molar-refractivity contribution in [1.29, 1.82) is 0 Å². The zero-order chi connectivity index (χ0) is 16.9. The first-order chi connectivity index (χ1) is 11.6. The number of benzene rings is 2. The van der Waals surface area contributed by atoms with Crippen LogP contribution >= 0.6 is 0 Å². The second-order valence-electron chi connectivity index (χ2n) is 5.98. The van der Waals surface area contributed by atoms with Crippen LogP contribution in [0.4, 0.5) is 5.69 Å². The molecule has 3 aromatic rings. The Kier molecular flexibility index (Phi) is 4.71. The number of hydrogen-bond donors (Lipinski definition) is 1. The summed E-state index contributed by atoms with van der Waals surface area (Å²) in [6, 6.07) is 20.1. The molecule has 1 aromatic heterocycles. The van der Waals surface area contributed by atoms with Crippen LogP contribution in [-0.4, -0.2) is 5.91 Å². The van der Waals surface area contributed by atoms with Crippen molar-refractivity contribution in [1.82, 2.24) is 0 Å². The first-order valence-corrected chi connectivity index (χ1v) is 8.03. The molecule has 0 aliphatic heterocycles. The molecule has 24 heavy (non-hydrogen) atoms. The van der Waals surface area contributed by atoms with Crippen LogP contribution in [0, 0.1) is 13.8 Å². The standard InChI is InChI=1S/C21H20N2O/c1-16-10-11-20(13-17(16)2)22-21(24)15-23-12-6-9-19(14-23)18-7-4-3-5-8-18/h3-14H,15H2,1-2H3/p+1. The van der Waals surface area contributed by atoms with Crippen LogP contribution in [0.1, 0.15) is 11.1 Å². The van der Waals surface area contributed by atoms with Crippen LogP contribution < -0.4 is 9.88 Å². The molecule has 0 atom stereocenters. The summed E-state index contributed by atoms with van der Waals surface area (Å²) in [4.78, 5) is 12.3. The molecule has 0 radical (unpaired) electrons. The molecule has 0 aliphatic carbocycles. The van der Waals surface area contributed by atoms with Gasteiger partial charge in [-0.15, -0.1) is 0 Å². The Bertz CT molecular complexity index is 857. The van der Waals surface area contributed by atoms with E-state index < -0.39 is 0 Å². The number of amides is 1. The molecule has 0 aliphatic rings. The van der Waals surface area contributed by atoms with Crippen LogP contribution in [0.2, 0.25) is 0 Å². The first-order valence-electron chi connectivity index (χ1n) is 8.03. The molecule has 1 amide bonds. The molecule has 0 unspecified atom stereocenters. The Hall–Kier alpha value is -2.94. The van der Waals surface area contributed by atoms with E-state index in [0.29, 0.717) is 0 Å². The predicted molar refractivity (Wildman–Crippen MR) is 96.6 cm³/mol. The van der Waals surface area contributed by atoms with E-state index in [1.165, 1.54) is 11.1 Å². The van der Waals surface area contributed by atoms with Crippen molar-refractivity contribution in [2.75, 3.05) is 5.32 Å². The number of aryl methyl sites for hydroxylation is 2. The van der Waals surface area contributed by atoms with E-state index in [0.717, 1.165) is 16.8 Å². The summed E-state index contributed by atoms with van der Waals surface area (Å²) in [5, 5.41) is 2.96. The Morgan fingerprint density at radius 2 is 1.67 bits per heavy atom. The second kappa shape index (κ2) is 7.09. The van der Waals surface area contributed by atoms with Gasteiger partial charge in [-0.25, -0.2) is 0 Å². The summed E-state index contributed by atoms with van der Waals surface area (Å²) in [5.74, 6) is -0.0338. The van der Waals surface area contributed by atoms with Gasteiger partial charge in [-0.3, -0.25) is 4.79 Å². The minimum absolute atomic E-state index is 0.0338. The molecule has 0 saturated heterocycles. The van der Waals surface area contributed by atoms with Gasteiger partial charge in [0.1, 0.15) is 0 Å². The zero-order valence-electron chi connectivity index (χ0n) is 14.0. The van der Waals surface area contributed by atoms with Crippen LogP contribution in [-0.2, 0) is 11.3 Å². The lowest BCUT2D eigenvalue weighted by Gasteiger charge is -2.06. The molecule has 1 N–H and O–H groups in total. The van der Waals surface area contributed by atoms with Crippen LogP contribution in [0.15, 0.2) is 73.1 Å². The lowest BCUT2D eigenvalue weighted by Crippen LogP contribution is -2.39. The summed E-state index contributed by atoms with van der Waals surface area (Å²) >= 11 is 0. The van der Waals surface area contributed by atoms with E-state index >= 15 is 0 Å². The van der Waals surface area contributed by atoms with Crippen molar-refractivity contribution in [2.45, 2.75) is 20.4 Å². The van der Waals surface area contributed by atoms with Crippen LogP contribution in [0.3, 0.4) is 0 Å². The van der Waals surface area contributed by atoms with E-state index in [9.17, 15) is 4.79 Å². The van der Waals surface area contributed by atoms with E-state index in [2.05, 4.69) is 24.4 Å². The number of nitrogens with zero attached hydrogens (tertiary/aromatic N) is 1.